The number of carbonyl (C=O) groups is 2. The Bertz CT molecular complexity index is 1450. The first-order valence-electron chi connectivity index (χ1n) is 12.2. The highest BCUT2D eigenvalue weighted by molar-refractivity contribution is 7.14. The Balaban J connectivity index is 1.39. The number of hydrogen-bond donors (Lipinski definition) is 3. The van der Waals surface area contributed by atoms with Gasteiger partial charge in [-0.05, 0) is 72.9 Å². The number of hydrogen-bond acceptors (Lipinski definition) is 8. The molecule has 0 radical (unpaired) electrons. The predicted octanol–water partition coefficient (Wildman–Crippen LogP) is 5.21. The van der Waals surface area contributed by atoms with E-state index < -0.39 is 18.1 Å². The van der Waals surface area contributed by atoms with Crippen LogP contribution in [-0.4, -0.2) is 34.7 Å². The zero-order valence-corrected chi connectivity index (χ0v) is 21.6. The molecule has 10 heteroatoms. The van der Waals surface area contributed by atoms with Crippen molar-refractivity contribution in [1.29, 1.82) is 0 Å². The number of nitrogens with zero attached hydrogens (tertiary/aromatic N) is 2. The summed E-state index contributed by atoms with van der Waals surface area (Å²) in [6.07, 6.45) is 5.70. The molecule has 1 unspecified atom stereocenters. The lowest BCUT2D eigenvalue weighted by Crippen LogP contribution is -2.33. The van der Waals surface area contributed by atoms with Gasteiger partial charge >= 0.3 is 0 Å². The summed E-state index contributed by atoms with van der Waals surface area (Å²) < 4.78 is 5.50. The van der Waals surface area contributed by atoms with Gasteiger partial charge < -0.3 is 15.8 Å². The molecule has 4 aromatic rings. The highest BCUT2D eigenvalue weighted by Gasteiger charge is 2.19. The largest absolute Gasteiger partial charge is 0.366 e. The maximum Gasteiger partial charge on any atom is 0.274 e. The number of amides is 2. The number of ether oxygens (including phenoxy) is 1. The molecule has 3 heterocycles. The van der Waals surface area contributed by atoms with E-state index in [0.717, 1.165) is 46.0 Å². The molecule has 194 valence electrons. The number of aromatic nitrogens is 2. The smallest absolute Gasteiger partial charge is 0.274 e. The Morgan fingerprint density at radius 3 is 2.79 bits per heavy atom. The van der Waals surface area contributed by atoms with Crippen molar-refractivity contribution in [3.05, 3.63) is 83.0 Å². The number of anilines is 2. The zero-order chi connectivity index (χ0) is 26.5. The molecule has 38 heavy (non-hydrogen) atoms. The van der Waals surface area contributed by atoms with Crippen molar-refractivity contribution in [2.24, 2.45) is 5.73 Å². The van der Waals surface area contributed by atoms with Gasteiger partial charge in [0.05, 0.1) is 5.69 Å². The molecule has 9 nitrogen and oxygen atoms in total. The van der Waals surface area contributed by atoms with Gasteiger partial charge in [0.25, 0.3) is 5.91 Å². The molecular weight excluding hydrogens is 502 g/mol. The van der Waals surface area contributed by atoms with E-state index in [2.05, 4.69) is 20.8 Å². The second-order valence-corrected chi connectivity index (χ2v) is 9.76. The van der Waals surface area contributed by atoms with Crippen LogP contribution in [0.1, 0.15) is 45.5 Å². The minimum absolute atomic E-state index is 0.306. The minimum Gasteiger partial charge on any atom is -0.366 e. The highest BCUT2D eigenvalue weighted by Crippen LogP contribution is 2.32. The first-order chi connectivity index (χ1) is 18.5. The van der Waals surface area contributed by atoms with Gasteiger partial charge in [0.2, 0.25) is 5.91 Å². The molecule has 1 fully saturated rings. The summed E-state index contributed by atoms with van der Waals surface area (Å²) in [6.45, 7) is 2.58. The van der Waals surface area contributed by atoms with E-state index >= 15 is 0 Å². The lowest BCUT2D eigenvalue weighted by atomic mass is 9.95. The highest BCUT2D eigenvalue weighted by atomic mass is 32.1. The predicted molar refractivity (Wildman–Crippen MR) is 146 cm³/mol. The maximum absolute atomic E-state index is 12.8. The Hall–Kier alpha value is -4.12. The number of nitrogens with two attached hydrogens (primary N) is 1. The van der Waals surface area contributed by atoms with Crippen molar-refractivity contribution in [1.82, 2.24) is 15.4 Å². The molecule has 1 atom stereocenters. The van der Waals surface area contributed by atoms with E-state index in [9.17, 15) is 9.59 Å². The van der Waals surface area contributed by atoms with Crippen LogP contribution in [-0.2, 0) is 9.57 Å². The van der Waals surface area contributed by atoms with Crippen molar-refractivity contribution in [3.63, 3.8) is 0 Å². The van der Waals surface area contributed by atoms with Crippen LogP contribution in [0.2, 0.25) is 0 Å². The molecule has 1 aliphatic heterocycles. The van der Waals surface area contributed by atoms with Crippen molar-refractivity contribution in [2.75, 3.05) is 11.9 Å². The normalized spacial score (nSPS) is 15.1. The number of aryl methyl sites for hydroxylation is 1. The van der Waals surface area contributed by atoms with Gasteiger partial charge in [-0.1, -0.05) is 12.1 Å². The average Bonchev–Trinajstić information content (AvgIpc) is 3.42. The number of pyridine rings is 1. The van der Waals surface area contributed by atoms with Crippen LogP contribution in [0.5, 0.6) is 0 Å². The topological polar surface area (TPSA) is 128 Å². The van der Waals surface area contributed by atoms with Gasteiger partial charge in [-0.3, -0.25) is 14.6 Å². The number of hydroxylamine groups is 1. The van der Waals surface area contributed by atoms with Crippen LogP contribution in [0.3, 0.4) is 0 Å². The quantitative estimate of drug-likeness (QED) is 0.267. The van der Waals surface area contributed by atoms with Crippen molar-refractivity contribution >= 4 is 34.0 Å². The standard InChI is InChI=1S/C28H27N5O4S/c1-17-7-8-18(14-23(17)31-28-32-24(16-38-28)20-5-4-11-30-15-20)22-13-19(9-10-21(22)26(29)34)27(35)33-37-25-6-2-3-12-36-25/h4-5,7-11,13-16,25H,2-3,6,12H2,1H3,(H2,29,34)(H,31,32)(H,33,35). The molecule has 5 rings (SSSR count). The Morgan fingerprint density at radius 1 is 1.13 bits per heavy atom. The van der Waals surface area contributed by atoms with Gasteiger partial charge in [0.15, 0.2) is 11.4 Å². The van der Waals surface area contributed by atoms with E-state index in [0.29, 0.717) is 29.7 Å². The Morgan fingerprint density at radius 2 is 2.03 bits per heavy atom. The second kappa shape index (κ2) is 11.5. The fraction of sp³-hybridized carbons (Fsp3) is 0.214. The van der Waals surface area contributed by atoms with Gasteiger partial charge in [-0.25, -0.2) is 15.3 Å². The second-order valence-electron chi connectivity index (χ2n) is 8.90. The van der Waals surface area contributed by atoms with E-state index in [1.807, 2.05) is 42.6 Å². The summed E-state index contributed by atoms with van der Waals surface area (Å²) in [5.74, 6) is -1.03. The van der Waals surface area contributed by atoms with Crippen LogP contribution in [0.15, 0.2) is 66.3 Å². The molecule has 2 aromatic heterocycles. The lowest BCUT2D eigenvalue weighted by molar-refractivity contribution is -0.186. The van der Waals surface area contributed by atoms with Gasteiger partial charge in [-0.2, -0.15) is 0 Å². The van der Waals surface area contributed by atoms with Gasteiger partial charge in [0, 0.05) is 53.2 Å². The first-order valence-corrected chi connectivity index (χ1v) is 13.1. The summed E-state index contributed by atoms with van der Waals surface area (Å²) in [6, 6.07) is 14.3. The van der Waals surface area contributed by atoms with Crippen LogP contribution in [0.4, 0.5) is 10.8 Å². The molecule has 1 aliphatic rings. The molecule has 0 bridgehead atoms. The third-order valence-corrected chi connectivity index (χ3v) is 6.98. The summed E-state index contributed by atoms with van der Waals surface area (Å²) in [4.78, 5) is 39.3. The van der Waals surface area contributed by atoms with Crippen LogP contribution in [0.25, 0.3) is 22.4 Å². The van der Waals surface area contributed by atoms with Crippen LogP contribution in [0, 0.1) is 6.92 Å². The summed E-state index contributed by atoms with van der Waals surface area (Å²) >= 11 is 1.48. The van der Waals surface area contributed by atoms with Crippen LogP contribution >= 0.6 is 11.3 Å². The zero-order valence-electron chi connectivity index (χ0n) is 20.8. The molecule has 0 spiro atoms. The third kappa shape index (κ3) is 5.88. The number of nitrogens with one attached hydrogen (secondary N) is 2. The van der Waals surface area contributed by atoms with E-state index in [1.54, 1.807) is 30.6 Å². The molecule has 0 saturated carbocycles. The number of primary amides is 1. The number of benzene rings is 2. The van der Waals surface area contributed by atoms with E-state index in [4.69, 9.17) is 15.3 Å². The van der Waals surface area contributed by atoms with Gasteiger partial charge in [-0.15, -0.1) is 11.3 Å². The van der Waals surface area contributed by atoms with Crippen molar-refractivity contribution in [2.45, 2.75) is 32.5 Å². The Kier molecular flexibility index (Phi) is 7.73. The lowest BCUT2D eigenvalue weighted by Gasteiger charge is -2.22. The molecule has 2 aromatic carbocycles. The summed E-state index contributed by atoms with van der Waals surface area (Å²) in [5, 5.41) is 6.05. The Labute approximate surface area is 224 Å². The molecule has 2 amide bonds. The minimum atomic E-state index is -0.588. The SMILES string of the molecule is Cc1ccc(-c2cc(C(=O)NOC3CCCCO3)ccc2C(N)=O)cc1Nc1nc(-c2cccnc2)cs1. The van der Waals surface area contributed by atoms with Crippen molar-refractivity contribution in [3.8, 4) is 22.4 Å². The number of carbonyl (C=O) groups excluding carboxylic acids is 2. The molecule has 1 saturated heterocycles. The van der Waals surface area contributed by atoms with E-state index in [1.165, 1.54) is 11.3 Å². The third-order valence-electron chi connectivity index (χ3n) is 6.22. The molecule has 4 N–H and O–H groups in total. The molecule has 0 aliphatic carbocycles. The molecular formula is C28H27N5O4S. The monoisotopic (exact) mass is 529 g/mol. The number of rotatable bonds is 8. The van der Waals surface area contributed by atoms with Crippen LogP contribution < -0.4 is 16.5 Å². The summed E-state index contributed by atoms with van der Waals surface area (Å²) in [7, 11) is 0. The van der Waals surface area contributed by atoms with Gasteiger partial charge in [0.1, 0.15) is 0 Å². The van der Waals surface area contributed by atoms with E-state index in [-0.39, 0.29) is 0 Å². The summed E-state index contributed by atoms with van der Waals surface area (Å²) in [5.41, 5.74) is 13.6. The van der Waals surface area contributed by atoms with Crippen molar-refractivity contribution < 1.29 is 19.2 Å². The first kappa shape index (κ1) is 25.5. The fourth-order valence-electron chi connectivity index (χ4n) is 4.14. The fourth-order valence-corrected chi connectivity index (χ4v) is 4.87. The number of thiazole rings is 1. The maximum atomic E-state index is 12.8. The average molecular weight is 530 g/mol.